The molecule has 6 aliphatic heterocycles. The zero-order valence-electron chi connectivity index (χ0n) is 33.2. The van der Waals surface area contributed by atoms with Crippen molar-refractivity contribution < 1.29 is 124 Å². The quantitative estimate of drug-likeness (QED) is 0.105. The molecular weight excluding hydrogens is 789 g/mol. The monoisotopic (exact) mass is 836 g/mol. The first-order chi connectivity index (χ1) is 26.0. The molecule has 6 unspecified atom stereocenters. The standard InChI is InChI=1S/C13H15N3.C12H14N4.C7H13N.C6H3FN2.CH2O3.ClH.2K.H/c14-8-10-4-7-13(15-9-10)16-11-2-1-3-12(16)6-5-11;13-5-9-1-4-12(15-6-9)16-10-2-3-11(16)8-14-7-10;1-2-6-4-5-7(3-1)8-6;7-6-2-1-5(3-8)4-9-6;2-1-4-3;;;;/h4,7,9,11-12H,1-3,5-6H2;1,4,6,10-11,14H,2-3,7-8H2;6-8H,1-5H2;1-2,4H;1,3H;1H;;;/q;;;;;;2*+1;-1/p-1. The van der Waals surface area contributed by atoms with E-state index in [4.69, 9.17) is 25.8 Å². The van der Waals surface area contributed by atoms with Gasteiger partial charge in [0.15, 0.2) is 0 Å². The summed E-state index contributed by atoms with van der Waals surface area (Å²) in [5, 5.41) is 41.2. The number of halogens is 2. The number of aromatic nitrogens is 3. The van der Waals surface area contributed by atoms with Crippen molar-refractivity contribution in [3.8, 4) is 18.2 Å². The van der Waals surface area contributed by atoms with Gasteiger partial charge in [0.1, 0.15) is 29.8 Å². The molecule has 0 spiro atoms. The number of carbonyl (C=O) groups excluding carboxylic acids is 1. The molecule has 13 nitrogen and oxygen atoms in total. The Morgan fingerprint density at radius 2 is 1.09 bits per heavy atom. The van der Waals surface area contributed by atoms with E-state index in [-0.39, 0.29) is 123 Å². The molecule has 0 amide bonds. The number of piperidine rings is 2. The van der Waals surface area contributed by atoms with Crippen molar-refractivity contribution in [1.29, 1.82) is 15.8 Å². The molecule has 17 heteroatoms. The van der Waals surface area contributed by atoms with Gasteiger partial charge >= 0.3 is 103 Å². The van der Waals surface area contributed by atoms with Crippen LogP contribution in [-0.4, -0.2) is 70.8 Å². The Labute approximate surface area is 421 Å². The number of nitrogens with zero attached hydrogens (tertiary/aromatic N) is 8. The second-order valence-electron chi connectivity index (χ2n) is 14.0. The number of hydrogen-bond acceptors (Lipinski definition) is 13. The first-order valence-electron chi connectivity index (χ1n) is 18.5. The molecule has 6 atom stereocenters. The average Bonchev–Trinajstić information content (AvgIpc) is 3.78. The van der Waals surface area contributed by atoms with E-state index < -0.39 is 5.95 Å². The Morgan fingerprint density at radius 1 is 0.679 bits per heavy atom. The summed E-state index contributed by atoms with van der Waals surface area (Å²) in [6.45, 7) is 1.93. The Hall–Kier alpha value is -1.64. The maximum absolute atomic E-state index is 12.0. The Bertz CT molecular complexity index is 1610. The van der Waals surface area contributed by atoms with Crippen LogP contribution in [0, 0.1) is 39.9 Å². The van der Waals surface area contributed by atoms with Crippen molar-refractivity contribution in [3.05, 3.63) is 77.6 Å². The van der Waals surface area contributed by atoms with Gasteiger partial charge in [-0.1, -0.05) is 6.42 Å². The molecule has 288 valence electrons. The van der Waals surface area contributed by atoms with Gasteiger partial charge in [-0.2, -0.15) is 20.2 Å². The molecule has 56 heavy (non-hydrogen) atoms. The molecule has 6 bridgehead atoms. The van der Waals surface area contributed by atoms with Crippen LogP contribution in [-0.2, 0) is 9.68 Å². The van der Waals surface area contributed by atoms with E-state index in [1.165, 1.54) is 89.3 Å². The largest absolute Gasteiger partial charge is 1.00 e. The molecular formula is C39H48ClFK2N10O3. The van der Waals surface area contributed by atoms with E-state index in [9.17, 15) is 4.39 Å². The van der Waals surface area contributed by atoms with E-state index in [2.05, 4.69) is 52.4 Å². The Kier molecular flexibility index (Phi) is 24.5. The van der Waals surface area contributed by atoms with Crippen molar-refractivity contribution in [2.45, 2.75) is 113 Å². The number of anilines is 2. The fourth-order valence-electron chi connectivity index (χ4n) is 8.26. The minimum atomic E-state index is -0.561. The van der Waals surface area contributed by atoms with Crippen molar-refractivity contribution >= 4 is 30.5 Å². The summed E-state index contributed by atoms with van der Waals surface area (Å²) in [6.07, 6.45) is 20.9. The van der Waals surface area contributed by atoms with Crippen LogP contribution in [0.5, 0.6) is 0 Å². The molecule has 6 saturated heterocycles. The van der Waals surface area contributed by atoms with E-state index in [0.717, 1.165) is 42.9 Å². The molecule has 9 heterocycles. The predicted molar refractivity (Wildman–Crippen MR) is 201 cm³/mol. The minimum Gasteiger partial charge on any atom is -1.00 e. The van der Waals surface area contributed by atoms with Gasteiger partial charge in [-0.15, -0.1) is 12.4 Å². The molecule has 2 N–H and O–H groups in total. The van der Waals surface area contributed by atoms with Crippen molar-refractivity contribution in [1.82, 2.24) is 25.6 Å². The summed E-state index contributed by atoms with van der Waals surface area (Å²) in [5.41, 5.74) is 1.65. The van der Waals surface area contributed by atoms with Crippen LogP contribution in [0.4, 0.5) is 16.0 Å². The van der Waals surface area contributed by atoms with Gasteiger partial charge < -0.3 is 32.0 Å². The average molecular weight is 838 g/mol. The van der Waals surface area contributed by atoms with Gasteiger partial charge in [0, 0.05) is 67.9 Å². The van der Waals surface area contributed by atoms with Crippen LogP contribution >= 0.6 is 12.4 Å². The van der Waals surface area contributed by atoms with Crippen LogP contribution in [0.3, 0.4) is 0 Å². The normalized spacial score (nSPS) is 24.1. The first-order valence-corrected chi connectivity index (χ1v) is 18.5. The van der Waals surface area contributed by atoms with Gasteiger partial charge in [0.2, 0.25) is 5.95 Å². The van der Waals surface area contributed by atoms with Crippen LogP contribution in [0.2, 0.25) is 0 Å². The molecule has 0 saturated carbocycles. The summed E-state index contributed by atoms with van der Waals surface area (Å²) in [4.78, 5) is 28.2. The van der Waals surface area contributed by atoms with Crippen LogP contribution < -0.4 is 128 Å². The topological polar surface area (TPSA) is 190 Å². The minimum absolute atomic E-state index is 0. The summed E-state index contributed by atoms with van der Waals surface area (Å²) < 4.78 is 12.0. The molecule has 6 aliphatic rings. The van der Waals surface area contributed by atoms with Crippen LogP contribution in [0.25, 0.3) is 0 Å². The zero-order valence-corrected chi connectivity index (χ0v) is 39.3. The van der Waals surface area contributed by atoms with E-state index in [1.807, 2.05) is 30.3 Å². The third-order valence-electron chi connectivity index (χ3n) is 10.7. The summed E-state index contributed by atoms with van der Waals surface area (Å²) in [7, 11) is 0. The van der Waals surface area contributed by atoms with Crippen molar-refractivity contribution in [3.63, 3.8) is 0 Å². The number of fused-ring (bicyclic) bond motifs is 6. The molecule has 0 aromatic carbocycles. The number of nitriles is 3. The molecule has 9 rings (SSSR count). The number of nitrogens with one attached hydrogen (secondary N) is 2. The molecule has 3 aromatic heterocycles. The van der Waals surface area contributed by atoms with Crippen molar-refractivity contribution in [2.75, 3.05) is 22.9 Å². The summed E-state index contributed by atoms with van der Waals surface area (Å²) >= 11 is 0. The summed E-state index contributed by atoms with van der Waals surface area (Å²) in [6, 6.07) is 20.6. The second-order valence-corrected chi connectivity index (χ2v) is 14.0. The smallest absolute Gasteiger partial charge is 1.00 e. The van der Waals surface area contributed by atoms with Gasteiger partial charge in [-0.05, 0) is 107 Å². The van der Waals surface area contributed by atoms with E-state index >= 15 is 0 Å². The van der Waals surface area contributed by atoms with Crippen LogP contribution in [0.15, 0.2) is 55.0 Å². The Balaban J connectivity index is 0.000000372. The Morgan fingerprint density at radius 3 is 1.46 bits per heavy atom. The molecule has 0 aliphatic carbocycles. The summed E-state index contributed by atoms with van der Waals surface area (Å²) in [5.74, 6) is 1.52. The maximum Gasteiger partial charge on any atom is 1.00 e. The van der Waals surface area contributed by atoms with E-state index in [1.54, 1.807) is 12.4 Å². The van der Waals surface area contributed by atoms with Crippen molar-refractivity contribution in [2.24, 2.45) is 0 Å². The SMILES string of the molecule is C1CC2CCC(C1)N2.Cl.N#Cc1ccc(F)nc1.N#Cc1ccc(N2C3CCC2CNC3)nc1.N#Cc1ccc(N2C3CCCC2CC3)nc1.O=CO[O-].[H-].[K+].[K+]. The number of pyridine rings is 3. The van der Waals surface area contributed by atoms with Crippen LogP contribution in [0.1, 0.15) is 95.2 Å². The van der Waals surface area contributed by atoms with Gasteiger partial charge in [-0.25, -0.2) is 15.0 Å². The fourth-order valence-corrected chi connectivity index (χ4v) is 8.26. The number of carbonyl (C=O) groups is 1. The number of rotatable bonds is 3. The fraction of sp³-hybridized carbons (Fsp3) is 0.513. The first kappa shape index (κ1) is 50.5. The third-order valence-corrected chi connectivity index (χ3v) is 10.7. The number of piperazine rings is 1. The molecule has 0 radical (unpaired) electrons. The molecule has 6 fully saturated rings. The molecule has 3 aromatic rings. The second kappa shape index (κ2) is 27.2. The van der Waals surface area contributed by atoms with Gasteiger partial charge in [0.05, 0.1) is 16.7 Å². The zero-order chi connectivity index (χ0) is 37.4. The maximum atomic E-state index is 12.0. The van der Waals surface area contributed by atoms with Gasteiger partial charge in [-0.3, -0.25) is 4.79 Å². The van der Waals surface area contributed by atoms with Gasteiger partial charge in [0.25, 0.3) is 6.47 Å². The third kappa shape index (κ3) is 14.9. The number of hydrogen-bond donors (Lipinski definition) is 2. The van der Waals surface area contributed by atoms with E-state index in [0.29, 0.717) is 40.9 Å². The predicted octanol–water partition coefficient (Wildman–Crippen LogP) is -1.27.